The van der Waals surface area contributed by atoms with E-state index in [1.807, 2.05) is 13.8 Å². The monoisotopic (exact) mass is 411 g/mol. The molecule has 0 saturated carbocycles. The molecule has 0 bridgehead atoms. The lowest BCUT2D eigenvalue weighted by Crippen LogP contribution is -2.45. The molecule has 0 aliphatic heterocycles. The molecule has 1 N–H and O–H groups in total. The number of hydrogen-bond donors (Lipinski definition) is 1. The summed E-state index contributed by atoms with van der Waals surface area (Å²) in [6, 6.07) is 1.09. The van der Waals surface area contributed by atoms with E-state index in [2.05, 4.69) is 37.2 Å². The Bertz CT molecular complexity index is 456. The number of esters is 1. The van der Waals surface area contributed by atoms with Crippen LogP contribution in [0, 0.1) is 5.92 Å². The maximum Gasteiger partial charge on any atom is 0.328 e. The number of hydrogen-bond acceptors (Lipinski definition) is 4. The topological polar surface area (TPSA) is 55.4 Å². The Hall–Kier alpha value is -0.400. The van der Waals surface area contributed by atoms with Crippen LogP contribution in [0.2, 0.25) is 0 Å². The third-order valence-electron chi connectivity index (χ3n) is 2.82. The van der Waals surface area contributed by atoms with Crippen LogP contribution in [-0.2, 0) is 9.53 Å². The van der Waals surface area contributed by atoms with Crippen molar-refractivity contribution in [3.05, 3.63) is 19.2 Å². The van der Waals surface area contributed by atoms with Crippen LogP contribution in [-0.4, -0.2) is 25.0 Å². The molecule has 0 unspecified atom stereocenters. The van der Waals surface area contributed by atoms with Crippen molar-refractivity contribution in [1.82, 2.24) is 5.32 Å². The van der Waals surface area contributed by atoms with Gasteiger partial charge in [0.15, 0.2) is 0 Å². The van der Waals surface area contributed by atoms with Crippen LogP contribution in [0.25, 0.3) is 0 Å². The molecule has 106 valence electrons. The predicted octanol–water partition coefficient (Wildman–Crippen LogP) is 3.59. The van der Waals surface area contributed by atoms with Gasteiger partial charge in [0.2, 0.25) is 0 Å². The fourth-order valence-electron chi connectivity index (χ4n) is 1.47. The molecule has 2 atom stereocenters. The van der Waals surface area contributed by atoms with Gasteiger partial charge in [0, 0.05) is 4.47 Å². The minimum atomic E-state index is -0.623. The lowest BCUT2D eigenvalue weighted by Gasteiger charge is -2.21. The first-order valence-corrected chi connectivity index (χ1v) is 8.14. The summed E-state index contributed by atoms with van der Waals surface area (Å²) in [6.07, 6.45) is 0.776. The molecule has 0 spiro atoms. The Morgan fingerprint density at radius 2 is 2.11 bits per heavy atom. The lowest BCUT2D eigenvalue weighted by atomic mass is 9.99. The van der Waals surface area contributed by atoms with Gasteiger partial charge >= 0.3 is 5.97 Å². The summed E-state index contributed by atoms with van der Waals surface area (Å²) in [6.45, 7) is 3.87. The van der Waals surface area contributed by atoms with Crippen molar-refractivity contribution in [3.8, 4) is 0 Å². The third kappa shape index (κ3) is 4.29. The summed E-state index contributed by atoms with van der Waals surface area (Å²) in [5.41, 5.74) is 0. The van der Waals surface area contributed by atoms with Gasteiger partial charge in [-0.15, -0.1) is 11.3 Å². The summed E-state index contributed by atoms with van der Waals surface area (Å²) in [5.74, 6) is -0.673. The molecule has 1 aromatic heterocycles. The maximum atomic E-state index is 12.1. The number of carbonyl (C=O) groups is 2. The highest BCUT2D eigenvalue weighted by atomic mass is 79.9. The zero-order chi connectivity index (χ0) is 14.6. The van der Waals surface area contributed by atoms with Crippen LogP contribution < -0.4 is 5.32 Å². The Labute approximate surface area is 133 Å². The standard InChI is InChI=1S/C12H15Br2NO3S/c1-4-6(2)9(12(17)18-3)15-11(16)8-5-7(13)10(14)19-8/h5-6,9H,4H2,1-3H3,(H,15,16)/t6-,9+/m1/s1. The molecule has 0 aliphatic rings. The smallest absolute Gasteiger partial charge is 0.328 e. The number of methoxy groups -OCH3 is 1. The third-order valence-corrected chi connectivity index (χ3v) is 6.08. The van der Waals surface area contributed by atoms with Crippen LogP contribution in [0.4, 0.5) is 0 Å². The molecule has 0 radical (unpaired) electrons. The summed E-state index contributed by atoms with van der Waals surface area (Å²) in [5, 5.41) is 2.73. The van der Waals surface area contributed by atoms with Crippen molar-refractivity contribution in [1.29, 1.82) is 0 Å². The Kier molecular flexibility index (Phi) is 6.49. The van der Waals surface area contributed by atoms with E-state index >= 15 is 0 Å². The van der Waals surface area contributed by atoms with E-state index < -0.39 is 12.0 Å². The minimum absolute atomic E-state index is 0.0169. The summed E-state index contributed by atoms with van der Waals surface area (Å²) >= 11 is 7.97. The SMILES string of the molecule is CC[C@@H](C)[C@H](NC(=O)c1cc(Br)c(Br)s1)C(=O)OC. The highest BCUT2D eigenvalue weighted by Gasteiger charge is 2.27. The van der Waals surface area contributed by atoms with Gasteiger partial charge in [-0.05, 0) is 43.8 Å². The Balaban J connectivity index is 2.84. The molecule has 19 heavy (non-hydrogen) atoms. The average Bonchev–Trinajstić information content (AvgIpc) is 2.74. The molecule has 0 aliphatic carbocycles. The van der Waals surface area contributed by atoms with Crippen LogP contribution in [0.5, 0.6) is 0 Å². The van der Waals surface area contributed by atoms with E-state index in [1.54, 1.807) is 6.07 Å². The van der Waals surface area contributed by atoms with E-state index in [4.69, 9.17) is 4.74 Å². The first-order valence-electron chi connectivity index (χ1n) is 5.74. The summed E-state index contributed by atoms with van der Waals surface area (Å²) in [7, 11) is 1.32. The van der Waals surface area contributed by atoms with E-state index in [9.17, 15) is 9.59 Å². The zero-order valence-electron chi connectivity index (χ0n) is 10.8. The molecule has 1 aromatic rings. The van der Waals surface area contributed by atoms with Crippen LogP contribution in [0.15, 0.2) is 14.3 Å². The second kappa shape index (κ2) is 7.40. The lowest BCUT2D eigenvalue weighted by molar-refractivity contribution is -0.144. The van der Waals surface area contributed by atoms with Gasteiger partial charge in [-0.25, -0.2) is 4.79 Å². The van der Waals surface area contributed by atoms with E-state index in [0.717, 1.165) is 14.7 Å². The van der Waals surface area contributed by atoms with Crippen LogP contribution in [0.3, 0.4) is 0 Å². The molecular weight excluding hydrogens is 398 g/mol. The van der Waals surface area contributed by atoms with Crippen LogP contribution in [0.1, 0.15) is 29.9 Å². The van der Waals surface area contributed by atoms with E-state index in [1.165, 1.54) is 18.4 Å². The van der Waals surface area contributed by atoms with Gasteiger partial charge in [-0.3, -0.25) is 4.79 Å². The molecule has 1 amide bonds. The molecule has 0 saturated heterocycles. The van der Waals surface area contributed by atoms with Crippen molar-refractivity contribution >= 4 is 55.1 Å². The summed E-state index contributed by atoms with van der Waals surface area (Å²) < 4.78 is 6.40. The second-order valence-corrected chi connectivity index (χ2v) is 7.32. The molecule has 0 fully saturated rings. The number of nitrogens with one attached hydrogen (secondary N) is 1. The maximum absolute atomic E-state index is 12.1. The first-order chi connectivity index (χ1) is 8.90. The largest absolute Gasteiger partial charge is 0.467 e. The normalized spacial score (nSPS) is 13.7. The van der Waals surface area contributed by atoms with Gasteiger partial charge < -0.3 is 10.1 Å². The van der Waals surface area contributed by atoms with Crippen molar-refractivity contribution in [2.24, 2.45) is 5.92 Å². The van der Waals surface area contributed by atoms with Gasteiger partial charge in [0.25, 0.3) is 5.91 Å². The van der Waals surface area contributed by atoms with Crippen molar-refractivity contribution < 1.29 is 14.3 Å². The molecule has 0 aromatic carbocycles. The zero-order valence-corrected chi connectivity index (χ0v) is 14.8. The van der Waals surface area contributed by atoms with E-state index in [-0.39, 0.29) is 11.8 Å². The number of ether oxygens (including phenoxy) is 1. The number of rotatable bonds is 5. The van der Waals surface area contributed by atoms with Crippen molar-refractivity contribution in [2.75, 3.05) is 7.11 Å². The minimum Gasteiger partial charge on any atom is -0.467 e. The molecular formula is C12H15Br2NO3S. The molecule has 4 nitrogen and oxygen atoms in total. The Morgan fingerprint density at radius 3 is 2.53 bits per heavy atom. The van der Waals surface area contributed by atoms with Gasteiger partial charge in [-0.1, -0.05) is 20.3 Å². The van der Waals surface area contributed by atoms with Crippen LogP contribution >= 0.6 is 43.2 Å². The quantitative estimate of drug-likeness (QED) is 0.751. The van der Waals surface area contributed by atoms with Crippen molar-refractivity contribution in [2.45, 2.75) is 26.3 Å². The Morgan fingerprint density at radius 1 is 1.47 bits per heavy atom. The van der Waals surface area contributed by atoms with Gasteiger partial charge in [0.05, 0.1) is 15.8 Å². The fourth-order valence-corrected chi connectivity index (χ4v) is 3.41. The first kappa shape index (κ1) is 16.7. The molecule has 1 rings (SSSR count). The number of carbonyl (C=O) groups excluding carboxylic acids is 2. The second-order valence-electron chi connectivity index (χ2n) is 4.09. The highest BCUT2D eigenvalue weighted by molar-refractivity contribution is 9.13. The fraction of sp³-hybridized carbons (Fsp3) is 0.500. The molecule has 1 heterocycles. The number of amides is 1. The van der Waals surface area contributed by atoms with E-state index in [0.29, 0.717) is 4.88 Å². The summed E-state index contributed by atoms with van der Waals surface area (Å²) in [4.78, 5) is 24.3. The van der Waals surface area contributed by atoms with Gasteiger partial charge in [-0.2, -0.15) is 0 Å². The predicted molar refractivity (Wildman–Crippen MR) is 82.4 cm³/mol. The average molecular weight is 413 g/mol. The highest BCUT2D eigenvalue weighted by Crippen LogP contribution is 2.32. The number of thiophene rings is 1. The number of halogens is 2. The van der Waals surface area contributed by atoms with Gasteiger partial charge in [0.1, 0.15) is 6.04 Å². The molecule has 7 heteroatoms. The van der Waals surface area contributed by atoms with Crippen molar-refractivity contribution in [3.63, 3.8) is 0 Å².